The minimum Gasteiger partial charge on any atom is -0.495 e. The molecule has 9 heteroatoms. The SMILES string of the molecule is COc1ccc(NS(=O)(=O)c2ccc(OC)c(NC(=O)c3ccccc3C)c2)cc1Cl. The largest absolute Gasteiger partial charge is 0.495 e. The number of carbonyl (C=O) groups is 1. The van der Waals surface area contributed by atoms with Crippen molar-refractivity contribution >= 4 is 38.9 Å². The first kappa shape index (κ1) is 22.5. The molecule has 3 aromatic rings. The number of amides is 1. The highest BCUT2D eigenvalue weighted by atomic mass is 35.5. The molecule has 3 aromatic carbocycles. The summed E-state index contributed by atoms with van der Waals surface area (Å²) in [5, 5.41) is 2.99. The summed E-state index contributed by atoms with van der Waals surface area (Å²) in [6, 6.07) is 15.8. The molecule has 0 bridgehead atoms. The summed E-state index contributed by atoms with van der Waals surface area (Å²) in [6.07, 6.45) is 0. The maximum absolute atomic E-state index is 12.9. The van der Waals surface area contributed by atoms with E-state index in [0.29, 0.717) is 17.1 Å². The van der Waals surface area contributed by atoms with Gasteiger partial charge in [-0.3, -0.25) is 9.52 Å². The zero-order valence-electron chi connectivity index (χ0n) is 17.1. The van der Waals surface area contributed by atoms with Gasteiger partial charge in [0.05, 0.1) is 35.5 Å². The third kappa shape index (κ3) is 5.10. The van der Waals surface area contributed by atoms with Crippen LogP contribution in [0.5, 0.6) is 11.5 Å². The second-order valence-electron chi connectivity index (χ2n) is 6.59. The highest BCUT2D eigenvalue weighted by Crippen LogP contribution is 2.31. The van der Waals surface area contributed by atoms with Crippen molar-refractivity contribution in [1.29, 1.82) is 0 Å². The Balaban J connectivity index is 1.91. The van der Waals surface area contributed by atoms with Gasteiger partial charge < -0.3 is 14.8 Å². The van der Waals surface area contributed by atoms with Crippen LogP contribution in [-0.4, -0.2) is 28.5 Å². The maximum atomic E-state index is 12.9. The van der Waals surface area contributed by atoms with Crippen LogP contribution in [0.4, 0.5) is 11.4 Å². The van der Waals surface area contributed by atoms with Gasteiger partial charge in [-0.25, -0.2) is 8.42 Å². The summed E-state index contributed by atoms with van der Waals surface area (Å²) in [5.41, 5.74) is 1.77. The molecule has 0 spiro atoms. The molecule has 162 valence electrons. The predicted molar refractivity (Wildman–Crippen MR) is 121 cm³/mol. The smallest absolute Gasteiger partial charge is 0.261 e. The fourth-order valence-corrected chi connectivity index (χ4v) is 4.25. The number of hydrogen-bond acceptors (Lipinski definition) is 5. The van der Waals surface area contributed by atoms with Gasteiger partial charge in [0.25, 0.3) is 15.9 Å². The molecule has 31 heavy (non-hydrogen) atoms. The third-order valence-electron chi connectivity index (χ3n) is 4.52. The molecule has 0 unspecified atom stereocenters. The summed E-state index contributed by atoms with van der Waals surface area (Å²) < 4.78 is 38.6. The Hall–Kier alpha value is -3.23. The highest BCUT2D eigenvalue weighted by molar-refractivity contribution is 7.92. The highest BCUT2D eigenvalue weighted by Gasteiger charge is 2.19. The standard InChI is InChI=1S/C22H21ClN2O5S/c1-14-6-4-5-7-17(14)22(26)24-19-13-16(9-11-21(19)30-3)31(27,28)25-15-8-10-20(29-2)18(23)12-15/h4-13,25H,1-3H3,(H,24,26). The molecule has 0 aliphatic carbocycles. The van der Waals surface area contributed by atoms with E-state index in [4.69, 9.17) is 21.1 Å². The second-order valence-corrected chi connectivity index (χ2v) is 8.68. The van der Waals surface area contributed by atoms with Crippen molar-refractivity contribution in [3.63, 3.8) is 0 Å². The molecule has 3 rings (SSSR count). The Labute approximate surface area is 186 Å². The molecule has 0 aliphatic heterocycles. The molecule has 0 saturated carbocycles. The number of ether oxygens (including phenoxy) is 2. The Morgan fingerprint density at radius 2 is 1.61 bits per heavy atom. The lowest BCUT2D eigenvalue weighted by Crippen LogP contribution is -2.16. The summed E-state index contributed by atoms with van der Waals surface area (Å²) in [4.78, 5) is 12.6. The van der Waals surface area contributed by atoms with Crippen LogP contribution in [0.3, 0.4) is 0 Å². The average Bonchev–Trinajstić information content (AvgIpc) is 2.73. The van der Waals surface area contributed by atoms with Crippen molar-refractivity contribution in [3.05, 3.63) is 76.8 Å². The number of anilines is 2. The molecule has 0 aliphatic rings. The van der Waals surface area contributed by atoms with E-state index in [0.717, 1.165) is 5.56 Å². The van der Waals surface area contributed by atoms with Crippen molar-refractivity contribution in [1.82, 2.24) is 0 Å². The number of hydrogen-bond donors (Lipinski definition) is 2. The summed E-state index contributed by atoms with van der Waals surface area (Å²) in [7, 11) is -1.06. The number of sulfonamides is 1. The van der Waals surface area contributed by atoms with Crippen LogP contribution in [0.15, 0.2) is 65.6 Å². The van der Waals surface area contributed by atoms with Gasteiger partial charge in [0, 0.05) is 5.56 Å². The Morgan fingerprint density at radius 1 is 0.935 bits per heavy atom. The number of halogens is 1. The van der Waals surface area contributed by atoms with E-state index >= 15 is 0 Å². The number of benzene rings is 3. The lowest BCUT2D eigenvalue weighted by molar-refractivity contribution is 0.102. The molecule has 0 fully saturated rings. The van der Waals surface area contributed by atoms with Crippen molar-refractivity contribution < 1.29 is 22.7 Å². The summed E-state index contributed by atoms with van der Waals surface area (Å²) in [5.74, 6) is 0.379. The summed E-state index contributed by atoms with van der Waals surface area (Å²) in [6.45, 7) is 1.82. The number of aryl methyl sites for hydroxylation is 1. The first-order valence-electron chi connectivity index (χ1n) is 9.16. The zero-order valence-corrected chi connectivity index (χ0v) is 18.7. The van der Waals surface area contributed by atoms with Gasteiger partial charge in [-0.05, 0) is 55.0 Å². The monoisotopic (exact) mass is 460 g/mol. The molecular formula is C22H21ClN2O5S. The van der Waals surface area contributed by atoms with E-state index in [1.54, 1.807) is 18.2 Å². The molecule has 0 aromatic heterocycles. The Bertz CT molecular complexity index is 1230. The molecule has 2 N–H and O–H groups in total. The van der Waals surface area contributed by atoms with Crippen molar-refractivity contribution in [3.8, 4) is 11.5 Å². The Morgan fingerprint density at radius 3 is 2.26 bits per heavy atom. The third-order valence-corrected chi connectivity index (χ3v) is 6.20. The fourth-order valence-electron chi connectivity index (χ4n) is 2.91. The molecule has 0 heterocycles. The molecule has 0 saturated heterocycles. The van der Waals surface area contributed by atoms with Gasteiger partial charge in [-0.15, -0.1) is 0 Å². The van der Waals surface area contributed by atoms with Gasteiger partial charge in [0.1, 0.15) is 11.5 Å². The fraction of sp³-hybridized carbons (Fsp3) is 0.136. The average molecular weight is 461 g/mol. The minimum absolute atomic E-state index is 0.0553. The number of methoxy groups -OCH3 is 2. The van der Waals surface area contributed by atoms with E-state index in [-0.39, 0.29) is 27.2 Å². The lowest BCUT2D eigenvalue weighted by Gasteiger charge is -2.14. The molecule has 0 radical (unpaired) electrons. The van der Waals surface area contributed by atoms with Crippen molar-refractivity contribution in [2.75, 3.05) is 24.3 Å². The van der Waals surface area contributed by atoms with Gasteiger partial charge in [0.15, 0.2) is 0 Å². The molecular weight excluding hydrogens is 440 g/mol. The van der Waals surface area contributed by atoms with Crippen LogP contribution in [0.25, 0.3) is 0 Å². The number of carbonyl (C=O) groups excluding carboxylic acids is 1. The molecule has 0 atom stereocenters. The van der Waals surface area contributed by atoms with Crippen LogP contribution in [0.2, 0.25) is 5.02 Å². The first-order chi connectivity index (χ1) is 14.7. The predicted octanol–water partition coefficient (Wildman–Crippen LogP) is 4.72. The molecule has 1 amide bonds. The van der Waals surface area contributed by atoms with E-state index in [2.05, 4.69) is 10.0 Å². The van der Waals surface area contributed by atoms with Gasteiger partial charge in [-0.1, -0.05) is 29.8 Å². The normalized spacial score (nSPS) is 11.0. The van der Waals surface area contributed by atoms with Gasteiger partial charge in [0.2, 0.25) is 0 Å². The van der Waals surface area contributed by atoms with Gasteiger partial charge in [-0.2, -0.15) is 0 Å². The maximum Gasteiger partial charge on any atom is 0.261 e. The van der Waals surface area contributed by atoms with Crippen LogP contribution >= 0.6 is 11.6 Å². The van der Waals surface area contributed by atoms with Crippen molar-refractivity contribution in [2.24, 2.45) is 0 Å². The van der Waals surface area contributed by atoms with Crippen LogP contribution < -0.4 is 19.5 Å². The topological polar surface area (TPSA) is 93.7 Å². The minimum atomic E-state index is -3.96. The first-order valence-corrected chi connectivity index (χ1v) is 11.0. The van der Waals surface area contributed by atoms with E-state index < -0.39 is 10.0 Å². The Kier molecular flexibility index (Phi) is 6.72. The number of rotatable bonds is 7. The van der Waals surface area contributed by atoms with E-state index in [1.165, 1.54) is 44.6 Å². The molecule has 7 nitrogen and oxygen atoms in total. The number of nitrogens with one attached hydrogen (secondary N) is 2. The van der Waals surface area contributed by atoms with Crippen LogP contribution in [0.1, 0.15) is 15.9 Å². The second kappa shape index (κ2) is 9.28. The zero-order chi connectivity index (χ0) is 22.6. The quantitative estimate of drug-likeness (QED) is 0.532. The van der Waals surface area contributed by atoms with Crippen molar-refractivity contribution in [2.45, 2.75) is 11.8 Å². The van der Waals surface area contributed by atoms with E-state index in [9.17, 15) is 13.2 Å². The lowest BCUT2D eigenvalue weighted by atomic mass is 10.1. The van der Waals surface area contributed by atoms with Crippen LogP contribution in [-0.2, 0) is 10.0 Å². The van der Waals surface area contributed by atoms with E-state index in [1.807, 2.05) is 19.1 Å². The van der Waals surface area contributed by atoms with Gasteiger partial charge >= 0.3 is 0 Å². The van der Waals surface area contributed by atoms with Crippen LogP contribution in [0, 0.1) is 6.92 Å². The summed E-state index contributed by atoms with van der Waals surface area (Å²) >= 11 is 6.07.